The molecule has 0 aromatic heterocycles. The minimum atomic E-state index is 0.500. The first-order chi connectivity index (χ1) is 3.26. The zero-order valence-corrected chi connectivity index (χ0v) is 4.73. The summed E-state index contributed by atoms with van der Waals surface area (Å²) < 4.78 is 0. The highest BCUT2D eigenvalue weighted by molar-refractivity contribution is 5.29. The summed E-state index contributed by atoms with van der Waals surface area (Å²) in [4.78, 5) is 2.26. The fraction of sp³-hybridized carbons (Fsp3) is 1.00. The first-order valence-electron chi connectivity index (χ1n) is 2.71. The molecule has 2 heteroatoms. The van der Waals surface area contributed by atoms with Crippen LogP contribution in [0.4, 0.5) is 0 Å². The Morgan fingerprint density at radius 3 is 2.14 bits per heavy atom. The van der Waals surface area contributed by atoms with Crippen LogP contribution in [0.3, 0.4) is 0 Å². The molecular formula is C5H10N2. The van der Waals surface area contributed by atoms with Gasteiger partial charge in [0.2, 0.25) is 0 Å². The number of fused-ring (bicyclic) bond motifs is 1. The number of hydrogen-bond acceptors (Lipinski definition) is 2. The molecule has 2 atom stereocenters. The van der Waals surface area contributed by atoms with Crippen LogP contribution in [0.25, 0.3) is 0 Å². The van der Waals surface area contributed by atoms with Gasteiger partial charge < -0.3 is 0 Å². The third-order valence-corrected chi connectivity index (χ3v) is 2.07. The van der Waals surface area contributed by atoms with Gasteiger partial charge in [-0.05, 0) is 20.5 Å². The molecule has 0 spiro atoms. The standard InChI is InChI=1S/C5H10N2/c1-7(2)5-3-4(5)6-5/h4,6H,3H2,1-2H3. The first-order valence-corrected chi connectivity index (χ1v) is 2.71. The molecule has 2 rings (SSSR count). The predicted molar refractivity (Wildman–Crippen MR) is 28.0 cm³/mol. The number of likely N-dealkylation sites (N-methyl/N-ethyl adjacent to an activating group) is 1. The fourth-order valence-electron chi connectivity index (χ4n) is 1.11. The maximum absolute atomic E-state index is 3.33. The van der Waals surface area contributed by atoms with Gasteiger partial charge in [-0.1, -0.05) is 0 Å². The second kappa shape index (κ2) is 0.740. The minimum absolute atomic E-state index is 0.500. The van der Waals surface area contributed by atoms with Gasteiger partial charge in [-0.25, -0.2) is 0 Å². The van der Waals surface area contributed by atoms with Crippen LogP contribution >= 0.6 is 0 Å². The van der Waals surface area contributed by atoms with Crippen LogP contribution in [0.15, 0.2) is 0 Å². The largest absolute Gasteiger partial charge is 0.292 e. The third kappa shape index (κ3) is 0.283. The summed E-state index contributed by atoms with van der Waals surface area (Å²) in [5.41, 5.74) is 0.500. The Morgan fingerprint density at radius 1 is 1.71 bits per heavy atom. The molecule has 1 saturated carbocycles. The highest BCUT2D eigenvalue weighted by Gasteiger charge is 2.71. The molecule has 0 aromatic rings. The molecule has 2 fully saturated rings. The summed E-state index contributed by atoms with van der Waals surface area (Å²) in [5.74, 6) is 0. The van der Waals surface area contributed by atoms with Crippen LogP contribution in [0.1, 0.15) is 6.42 Å². The monoisotopic (exact) mass is 98.1 g/mol. The van der Waals surface area contributed by atoms with Gasteiger partial charge in [0, 0.05) is 6.04 Å². The summed E-state index contributed by atoms with van der Waals surface area (Å²) in [5, 5.41) is 3.33. The lowest BCUT2D eigenvalue weighted by Crippen LogP contribution is -2.27. The quantitative estimate of drug-likeness (QED) is 0.452. The van der Waals surface area contributed by atoms with Crippen LogP contribution in [-0.4, -0.2) is 30.7 Å². The van der Waals surface area contributed by atoms with Gasteiger partial charge in [0.05, 0.1) is 5.66 Å². The summed E-state index contributed by atoms with van der Waals surface area (Å²) in [6.07, 6.45) is 1.38. The SMILES string of the molecule is CN(C)C12CC1N2. The van der Waals surface area contributed by atoms with Gasteiger partial charge in [-0.2, -0.15) is 0 Å². The third-order valence-electron chi connectivity index (χ3n) is 2.07. The van der Waals surface area contributed by atoms with Crippen LogP contribution in [0.5, 0.6) is 0 Å². The Labute approximate surface area is 43.5 Å². The maximum atomic E-state index is 3.33. The van der Waals surface area contributed by atoms with Crippen molar-refractivity contribution in [1.29, 1.82) is 0 Å². The van der Waals surface area contributed by atoms with Gasteiger partial charge in [0.25, 0.3) is 0 Å². The molecule has 1 aliphatic carbocycles. The van der Waals surface area contributed by atoms with E-state index in [0.29, 0.717) is 5.66 Å². The molecule has 0 bridgehead atoms. The lowest BCUT2D eigenvalue weighted by atomic mass is 10.6. The van der Waals surface area contributed by atoms with Gasteiger partial charge in [-0.15, -0.1) is 0 Å². The molecule has 40 valence electrons. The zero-order chi connectivity index (χ0) is 5.07. The Hall–Kier alpha value is -0.0800. The smallest absolute Gasteiger partial charge is 0.0886 e. The van der Waals surface area contributed by atoms with Crippen LogP contribution in [0.2, 0.25) is 0 Å². The molecule has 0 amide bonds. The van der Waals surface area contributed by atoms with Crippen LogP contribution in [-0.2, 0) is 0 Å². The molecule has 0 radical (unpaired) electrons. The fourth-order valence-corrected chi connectivity index (χ4v) is 1.11. The Bertz CT molecular complexity index is 103. The molecule has 2 nitrogen and oxygen atoms in total. The van der Waals surface area contributed by atoms with Crippen LogP contribution in [0, 0.1) is 0 Å². The normalized spacial score (nSPS) is 54.4. The van der Waals surface area contributed by atoms with E-state index >= 15 is 0 Å². The highest BCUT2D eigenvalue weighted by Crippen LogP contribution is 2.52. The Balaban J connectivity index is 2.08. The molecule has 0 aromatic carbocycles. The summed E-state index contributed by atoms with van der Waals surface area (Å²) in [6, 6.07) is 0.863. The topological polar surface area (TPSA) is 25.2 Å². The van der Waals surface area contributed by atoms with E-state index in [4.69, 9.17) is 0 Å². The van der Waals surface area contributed by atoms with Crippen LogP contribution < -0.4 is 5.32 Å². The van der Waals surface area contributed by atoms with Crippen molar-refractivity contribution in [3.63, 3.8) is 0 Å². The molecule has 2 unspecified atom stereocenters. The van der Waals surface area contributed by atoms with Gasteiger partial charge in [0.1, 0.15) is 0 Å². The van der Waals surface area contributed by atoms with Gasteiger partial charge in [0.15, 0.2) is 0 Å². The van der Waals surface area contributed by atoms with Gasteiger partial charge >= 0.3 is 0 Å². The lowest BCUT2D eigenvalue weighted by Gasteiger charge is -2.10. The minimum Gasteiger partial charge on any atom is -0.292 e. The summed E-state index contributed by atoms with van der Waals surface area (Å²) in [6.45, 7) is 0. The molecule has 1 saturated heterocycles. The van der Waals surface area contributed by atoms with Crippen molar-refractivity contribution in [3.05, 3.63) is 0 Å². The number of nitrogens with zero attached hydrogens (tertiary/aromatic N) is 1. The Morgan fingerprint density at radius 2 is 2.14 bits per heavy atom. The summed E-state index contributed by atoms with van der Waals surface area (Å²) >= 11 is 0. The average Bonchev–Trinajstić information content (AvgIpc) is 2.04. The van der Waals surface area contributed by atoms with Crippen molar-refractivity contribution < 1.29 is 0 Å². The number of nitrogens with one attached hydrogen (secondary N) is 1. The van der Waals surface area contributed by atoms with Crippen molar-refractivity contribution in [2.75, 3.05) is 14.1 Å². The van der Waals surface area contributed by atoms with Gasteiger partial charge in [-0.3, -0.25) is 10.2 Å². The van der Waals surface area contributed by atoms with Crippen molar-refractivity contribution in [2.24, 2.45) is 0 Å². The van der Waals surface area contributed by atoms with E-state index in [2.05, 4.69) is 24.3 Å². The predicted octanol–water partition coefficient (Wildman–Crippen LogP) is -0.380. The van der Waals surface area contributed by atoms with E-state index in [1.54, 1.807) is 0 Å². The second-order valence-corrected chi connectivity index (χ2v) is 2.72. The van der Waals surface area contributed by atoms with E-state index in [0.717, 1.165) is 6.04 Å². The average molecular weight is 98.1 g/mol. The molecule has 1 N–H and O–H groups in total. The van der Waals surface area contributed by atoms with Crippen molar-refractivity contribution >= 4 is 0 Å². The van der Waals surface area contributed by atoms with Crippen molar-refractivity contribution in [1.82, 2.24) is 10.2 Å². The van der Waals surface area contributed by atoms with E-state index < -0.39 is 0 Å². The molecule has 2 aliphatic rings. The van der Waals surface area contributed by atoms with Crippen molar-refractivity contribution in [2.45, 2.75) is 18.1 Å². The second-order valence-electron chi connectivity index (χ2n) is 2.72. The summed E-state index contributed by atoms with van der Waals surface area (Å²) in [7, 11) is 4.25. The van der Waals surface area contributed by atoms with E-state index in [-0.39, 0.29) is 0 Å². The van der Waals surface area contributed by atoms with E-state index in [1.165, 1.54) is 6.42 Å². The highest BCUT2D eigenvalue weighted by atomic mass is 15.5. The molecular weight excluding hydrogens is 88.1 g/mol. The number of hydrogen-bond donors (Lipinski definition) is 1. The first kappa shape index (κ1) is 3.87. The molecule has 7 heavy (non-hydrogen) atoms. The van der Waals surface area contributed by atoms with Crippen molar-refractivity contribution in [3.8, 4) is 0 Å². The maximum Gasteiger partial charge on any atom is 0.0886 e. The Kier molecular flexibility index (Phi) is 0.408. The lowest BCUT2D eigenvalue weighted by molar-refractivity contribution is 0.316. The zero-order valence-electron chi connectivity index (χ0n) is 4.73. The number of rotatable bonds is 1. The molecule has 1 aliphatic heterocycles. The van der Waals surface area contributed by atoms with E-state index in [1.807, 2.05) is 0 Å². The van der Waals surface area contributed by atoms with E-state index in [9.17, 15) is 0 Å². The molecule has 1 heterocycles.